The number of H-pyrrole nitrogens is 1. The summed E-state index contributed by atoms with van der Waals surface area (Å²) in [6, 6.07) is 12.6. The Balaban J connectivity index is 1.58. The predicted octanol–water partition coefficient (Wildman–Crippen LogP) is 4.32. The first kappa shape index (κ1) is 20.7. The van der Waals surface area contributed by atoms with Crippen molar-refractivity contribution in [1.29, 1.82) is 0 Å². The Labute approximate surface area is 191 Å². The first-order chi connectivity index (χ1) is 16.1. The zero-order valence-electron chi connectivity index (χ0n) is 18.4. The number of amides is 1. The summed E-state index contributed by atoms with van der Waals surface area (Å²) >= 11 is 0. The lowest BCUT2D eigenvalue weighted by Gasteiger charge is -2.27. The molecular formula is C26H23N5O2. The quantitative estimate of drug-likeness (QED) is 0.481. The number of nitrogens with zero attached hydrogens (tertiary/aromatic N) is 4. The van der Waals surface area contributed by atoms with Crippen LogP contribution in [-0.2, 0) is 0 Å². The average molecular weight is 438 g/mol. The molecule has 33 heavy (non-hydrogen) atoms. The molecule has 7 heteroatoms. The number of carbonyl (C=O) groups excluding carboxylic acids is 1. The lowest BCUT2D eigenvalue weighted by molar-refractivity contribution is 0.0697. The van der Waals surface area contributed by atoms with E-state index in [9.17, 15) is 4.79 Å². The first-order valence-electron chi connectivity index (χ1n) is 10.8. The van der Waals surface area contributed by atoms with E-state index in [1.807, 2.05) is 43.3 Å². The van der Waals surface area contributed by atoms with Gasteiger partial charge in [-0.25, -0.2) is 15.0 Å². The van der Waals surface area contributed by atoms with E-state index in [0.29, 0.717) is 23.4 Å². The Morgan fingerprint density at radius 3 is 2.76 bits per heavy atom. The number of aryl methyl sites for hydroxylation is 1. The van der Waals surface area contributed by atoms with Crippen molar-refractivity contribution < 1.29 is 9.53 Å². The van der Waals surface area contributed by atoms with Crippen LogP contribution in [-0.4, -0.2) is 43.9 Å². The van der Waals surface area contributed by atoms with E-state index < -0.39 is 0 Å². The van der Waals surface area contributed by atoms with Gasteiger partial charge in [0.25, 0.3) is 5.91 Å². The van der Waals surface area contributed by atoms with Crippen molar-refractivity contribution >= 4 is 16.9 Å². The molecule has 0 spiro atoms. The second kappa shape index (κ2) is 8.40. The molecule has 1 aliphatic heterocycles. The maximum absolute atomic E-state index is 14.0. The highest BCUT2D eigenvalue weighted by Crippen LogP contribution is 2.38. The molecule has 0 unspecified atom stereocenters. The molecule has 2 aromatic carbocycles. The normalized spacial score (nSPS) is 17.8. The van der Waals surface area contributed by atoms with Gasteiger partial charge in [0.05, 0.1) is 35.8 Å². The van der Waals surface area contributed by atoms with Gasteiger partial charge in [-0.3, -0.25) is 4.79 Å². The van der Waals surface area contributed by atoms with Crippen LogP contribution in [0.3, 0.4) is 0 Å². The van der Waals surface area contributed by atoms with E-state index in [0.717, 1.165) is 34.6 Å². The summed E-state index contributed by atoms with van der Waals surface area (Å²) in [5.74, 6) is 4.61. The van der Waals surface area contributed by atoms with Gasteiger partial charge in [0.15, 0.2) is 5.82 Å². The van der Waals surface area contributed by atoms with Crippen molar-refractivity contribution in [3.8, 4) is 29.5 Å². The summed E-state index contributed by atoms with van der Waals surface area (Å²) < 4.78 is 5.32. The molecule has 3 heterocycles. The SMILES string of the molecule is C#C[C@@H]1CC[C@@H](c2nc3cc(OC)ccc3[nH]2)N1C(=O)c1cc(C)ccc1-c1ncccn1. The van der Waals surface area contributed by atoms with Crippen molar-refractivity contribution in [2.75, 3.05) is 7.11 Å². The number of rotatable bonds is 4. The van der Waals surface area contributed by atoms with Crippen LogP contribution in [0.15, 0.2) is 54.9 Å². The van der Waals surface area contributed by atoms with Crippen LogP contribution in [0.25, 0.3) is 22.4 Å². The minimum Gasteiger partial charge on any atom is -0.497 e. The second-order valence-electron chi connectivity index (χ2n) is 8.11. The third-order valence-electron chi connectivity index (χ3n) is 6.05. The molecule has 0 aliphatic carbocycles. The summed E-state index contributed by atoms with van der Waals surface area (Å²) in [5.41, 5.74) is 3.86. The topological polar surface area (TPSA) is 84.0 Å². The standard InChI is InChI=1S/C26H23N5O2/c1-4-17-7-11-23(25-29-21-10-8-18(33-3)15-22(21)30-25)31(17)26(32)20-14-16(2)6-9-19(20)24-27-12-5-13-28-24/h1,5-6,8-10,12-15,17,23H,7,11H2,2-3H3,(H,29,30)/t17-,23+/m1/s1. The second-order valence-corrected chi connectivity index (χ2v) is 8.11. The van der Waals surface area contributed by atoms with Crippen molar-refractivity contribution in [1.82, 2.24) is 24.8 Å². The fourth-order valence-electron chi connectivity index (χ4n) is 4.42. The molecule has 1 N–H and O–H groups in total. The zero-order chi connectivity index (χ0) is 22.9. The molecule has 1 aliphatic rings. The van der Waals surface area contributed by atoms with Crippen LogP contribution in [0.1, 0.15) is 40.6 Å². The zero-order valence-corrected chi connectivity index (χ0v) is 18.4. The maximum atomic E-state index is 14.0. The number of hydrogen-bond donors (Lipinski definition) is 1. The fraction of sp³-hybridized carbons (Fsp3) is 0.231. The van der Waals surface area contributed by atoms with Crippen molar-refractivity contribution in [3.63, 3.8) is 0 Å². The Morgan fingerprint density at radius 1 is 1.18 bits per heavy atom. The van der Waals surface area contributed by atoms with Crippen LogP contribution in [0, 0.1) is 19.3 Å². The van der Waals surface area contributed by atoms with Gasteiger partial charge in [0.1, 0.15) is 11.6 Å². The van der Waals surface area contributed by atoms with Gasteiger partial charge < -0.3 is 14.6 Å². The number of terminal acetylenes is 1. The number of fused-ring (bicyclic) bond motifs is 1. The number of benzene rings is 2. The molecule has 5 rings (SSSR count). The summed E-state index contributed by atoms with van der Waals surface area (Å²) in [6.45, 7) is 1.96. The molecule has 1 amide bonds. The smallest absolute Gasteiger partial charge is 0.256 e. The van der Waals surface area contributed by atoms with E-state index in [4.69, 9.17) is 16.1 Å². The molecule has 1 fully saturated rings. The predicted molar refractivity (Wildman–Crippen MR) is 126 cm³/mol. The number of aromatic nitrogens is 4. The van der Waals surface area contributed by atoms with Gasteiger partial charge in [0.2, 0.25) is 0 Å². The number of methoxy groups -OCH3 is 1. The van der Waals surface area contributed by atoms with E-state index in [-0.39, 0.29) is 18.0 Å². The maximum Gasteiger partial charge on any atom is 0.256 e. The van der Waals surface area contributed by atoms with Crippen LogP contribution >= 0.6 is 0 Å². The summed E-state index contributed by atoms with van der Waals surface area (Å²) in [5, 5.41) is 0. The first-order valence-corrected chi connectivity index (χ1v) is 10.8. The van der Waals surface area contributed by atoms with E-state index in [1.54, 1.807) is 30.5 Å². The lowest BCUT2D eigenvalue weighted by atomic mass is 10.0. The fourth-order valence-corrected chi connectivity index (χ4v) is 4.42. The highest BCUT2D eigenvalue weighted by molar-refractivity contribution is 6.01. The van der Waals surface area contributed by atoms with Gasteiger partial charge in [-0.05, 0) is 44.0 Å². The Bertz CT molecular complexity index is 1370. The van der Waals surface area contributed by atoms with E-state index in [2.05, 4.69) is 20.9 Å². The number of likely N-dealkylation sites (tertiary alicyclic amines) is 1. The van der Waals surface area contributed by atoms with Crippen molar-refractivity contribution in [3.05, 3.63) is 71.8 Å². The molecule has 7 nitrogen and oxygen atoms in total. The monoisotopic (exact) mass is 437 g/mol. The van der Waals surface area contributed by atoms with Gasteiger partial charge in [-0.15, -0.1) is 6.42 Å². The molecular weight excluding hydrogens is 414 g/mol. The van der Waals surface area contributed by atoms with E-state index in [1.165, 1.54) is 0 Å². The number of aromatic amines is 1. The number of imidazole rings is 1. The third kappa shape index (κ3) is 3.70. The highest BCUT2D eigenvalue weighted by Gasteiger charge is 2.39. The molecule has 0 bridgehead atoms. The van der Waals surface area contributed by atoms with Gasteiger partial charge in [-0.2, -0.15) is 0 Å². The molecule has 0 saturated carbocycles. The minimum absolute atomic E-state index is 0.148. The highest BCUT2D eigenvalue weighted by atomic mass is 16.5. The number of ether oxygens (including phenoxy) is 1. The molecule has 2 aromatic heterocycles. The van der Waals surface area contributed by atoms with Crippen molar-refractivity contribution in [2.24, 2.45) is 0 Å². The van der Waals surface area contributed by atoms with E-state index >= 15 is 0 Å². The molecule has 0 radical (unpaired) electrons. The van der Waals surface area contributed by atoms with Crippen LogP contribution in [0.4, 0.5) is 0 Å². The number of nitrogens with one attached hydrogen (secondary N) is 1. The summed E-state index contributed by atoms with van der Waals surface area (Å²) in [7, 11) is 1.62. The molecule has 2 atom stereocenters. The third-order valence-corrected chi connectivity index (χ3v) is 6.05. The molecule has 1 saturated heterocycles. The summed E-state index contributed by atoms with van der Waals surface area (Å²) in [4.78, 5) is 32.6. The Hall–Kier alpha value is -4.18. The molecule has 164 valence electrons. The Morgan fingerprint density at radius 2 is 2.00 bits per heavy atom. The van der Waals surface area contributed by atoms with Gasteiger partial charge >= 0.3 is 0 Å². The molecule has 4 aromatic rings. The largest absolute Gasteiger partial charge is 0.497 e. The van der Waals surface area contributed by atoms with Gasteiger partial charge in [0, 0.05) is 24.0 Å². The Kier molecular flexibility index (Phi) is 5.27. The minimum atomic E-state index is -0.324. The number of hydrogen-bond acceptors (Lipinski definition) is 5. The van der Waals surface area contributed by atoms with Crippen LogP contribution in [0.2, 0.25) is 0 Å². The van der Waals surface area contributed by atoms with Gasteiger partial charge in [-0.1, -0.05) is 23.6 Å². The lowest BCUT2D eigenvalue weighted by Crippen LogP contribution is -2.37. The van der Waals surface area contributed by atoms with Crippen LogP contribution in [0.5, 0.6) is 5.75 Å². The van der Waals surface area contributed by atoms with Crippen molar-refractivity contribution in [2.45, 2.75) is 31.8 Å². The number of carbonyl (C=O) groups is 1. The van der Waals surface area contributed by atoms with Crippen LogP contribution < -0.4 is 4.74 Å². The summed E-state index contributed by atoms with van der Waals surface area (Å²) in [6.07, 6.45) is 10.6. The average Bonchev–Trinajstić information content (AvgIpc) is 3.47.